The van der Waals surface area contributed by atoms with E-state index in [1.807, 2.05) is 0 Å². The number of aromatic nitrogens is 2. The Morgan fingerprint density at radius 3 is 2.69 bits per heavy atom. The van der Waals surface area contributed by atoms with Gasteiger partial charge in [0.15, 0.2) is 12.7 Å². The van der Waals surface area contributed by atoms with E-state index in [0.29, 0.717) is 0 Å². The zero-order valence-corrected chi connectivity index (χ0v) is 11.1. The van der Waals surface area contributed by atoms with E-state index >= 15 is 0 Å². The van der Waals surface area contributed by atoms with E-state index in [4.69, 9.17) is 5.73 Å². The van der Waals surface area contributed by atoms with Gasteiger partial charge in [0.2, 0.25) is 0 Å². The van der Waals surface area contributed by atoms with Crippen LogP contribution in [0.1, 0.15) is 13.3 Å². The Morgan fingerprint density at radius 1 is 1.46 bits per heavy atom. The smallest absolute Gasteiger partial charge is 0.195 e. The topological polar surface area (TPSA) is 34.8 Å². The van der Waals surface area contributed by atoms with Crippen molar-refractivity contribution in [1.82, 2.24) is 4.68 Å². The van der Waals surface area contributed by atoms with Crippen molar-refractivity contribution in [3.05, 3.63) is 18.5 Å². The summed E-state index contributed by atoms with van der Waals surface area (Å²) >= 11 is 0. The molecular weight excluding hydrogens is 298 g/mol. The molecule has 1 aromatic rings. The Balaban J connectivity index is 0. The van der Waals surface area contributed by atoms with Crippen molar-refractivity contribution < 1.29 is 21.7 Å². The highest BCUT2D eigenvalue weighted by Gasteiger charge is 2.03. The van der Waals surface area contributed by atoms with E-state index in [1.165, 1.54) is 0 Å². The lowest BCUT2D eigenvalue weighted by molar-refractivity contribution is -0.775. The number of hydrogen-bond acceptors (Lipinski definition) is 1. The summed E-state index contributed by atoms with van der Waals surface area (Å²) in [6, 6.07) is 2.06. The fourth-order valence-corrected chi connectivity index (χ4v) is 1.15. The first-order valence-corrected chi connectivity index (χ1v) is 4.13. The molecule has 78 valence electrons. The van der Waals surface area contributed by atoms with Gasteiger partial charge < -0.3 is 22.7 Å². The van der Waals surface area contributed by atoms with E-state index in [1.54, 1.807) is 0 Å². The second-order valence-corrected chi connectivity index (χ2v) is 2.55. The fourth-order valence-electron chi connectivity index (χ4n) is 1.15. The number of aryl methyl sites for hydroxylation is 2. The third kappa shape index (κ3) is 4.78. The number of nitrogens with zero attached hydrogens (tertiary/aromatic N) is 2. The van der Waals surface area contributed by atoms with Crippen LogP contribution in [-0.4, -0.2) is 11.2 Å². The summed E-state index contributed by atoms with van der Waals surface area (Å²) in [5.41, 5.74) is 5.41. The molecule has 0 aliphatic rings. The van der Waals surface area contributed by atoms with Crippen LogP contribution in [0.25, 0.3) is 0 Å². The van der Waals surface area contributed by atoms with Crippen molar-refractivity contribution in [2.75, 3.05) is 6.54 Å². The molecule has 3 nitrogen and oxygen atoms in total. The SMILES string of the molecule is Br.CCn1ccc[n+]1CCCN.[Br-]. The highest BCUT2D eigenvalue weighted by Crippen LogP contribution is 1.83. The molecule has 0 radical (unpaired) electrons. The van der Waals surface area contributed by atoms with Crippen LogP contribution in [0.5, 0.6) is 0 Å². The maximum absolute atomic E-state index is 5.41. The Labute approximate surface area is 100 Å². The minimum Gasteiger partial charge on any atom is -1.00 e. The molecule has 0 saturated carbocycles. The van der Waals surface area contributed by atoms with Crippen LogP contribution in [0.15, 0.2) is 18.5 Å². The molecular formula is C8H17Br2N3. The average molecular weight is 315 g/mol. The van der Waals surface area contributed by atoms with Crippen LogP contribution < -0.4 is 27.4 Å². The lowest BCUT2D eigenvalue weighted by Gasteiger charge is -1.97. The first-order valence-electron chi connectivity index (χ1n) is 4.13. The summed E-state index contributed by atoms with van der Waals surface area (Å²) < 4.78 is 4.36. The van der Waals surface area contributed by atoms with E-state index in [0.717, 1.165) is 26.1 Å². The molecule has 2 N–H and O–H groups in total. The standard InChI is InChI=1S/C8H16N3.2BrH/c1-2-10-7-4-8-11(10)6-3-5-9;;/h4,7-8H,2-3,5-6,9H2,1H3;2*1H/q+1;;/p-1. The number of halogens is 2. The van der Waals surface area contributed by atoms with Crippen molar-refractivity contribution in [2.45, 2.75) is 26.4 Å². The molecule has 0 saturated heterocycles. The molecule has 1 heterocycles. The lowest BCUT2D eigenvalue weighted by atomic mass is 10.4. The van der Waals surface area contributed by atoms with Gasteiger partial charge >= 0.3 is 0 Å². The number of rotatable bonds is 4. The normalized spacial score (nSPS) is 8.77. The van der Waals surface area contributed by atoms with Crippen molar-refractivity contribution in [2.24, 2.45) is 5.73 Å². The third-order valence-electron chi connectivity index (χ3n) is 1.76. The van der Waals surface area contributed by atoms with Gasteiger partial charge in [0.05, 0.1) is 12.7 Å². The van der Waals surface area contributed by atoms with Gasteiger partial charge in [0.1, 0.15) is 0 Å². The largest absolute Gasteiger partial charge is 1.00 e. The molecule has 0 fully saturated rings. The van der Waals surface area contributed by atoms with E-state index in [2.05, 4.69) is 34.7 Å². The summed E-state index contributed by atoms with van der Waals surface area (Å²) in [5, 5.41) is 0. The Kier molecular flexibility index (Phi) is 10.5. The Bertz CT molecular complexity index is 213. The van der Waals surface area contributed by atoms with Gasteiger partial charge in [-0.05, 0) is 13.5 Å². The van der Waals surface area contributed by atoms with Gasteiger partial charge in [0, 0.05) is 12.5 Å². The number of hydrogen-bond donors (Lipinski definition) is 1. The zero-order chi connectivity index (χ0) is 8.10. The van der Waals surface area contributed by atoms with E-state index in [9.17, 15) is 0 Å². The van der Waals surface area contributed by atoms with E-state index in [-0.39, 0.29) is 34.0 Å². The maximum Gasteiger partial charge on any atom is 0.195 e. The van der Waals surface area contributed by atoms with Crippen molar-refractivity contribution in [3.8, 4) is 0 Å². The van der Waals surface area contributed by atoms with E-state index < -0.39 is 0 Å². The van der Waals surface area contributed by atoms with Crippen LogP contribution in [0, 0.1) is 0 Å². The quantitative estimate of drug-likeness (QED) is 0.625. The van der Waals surface area contributed by atoms with Crippen LogP contribution in [0.2, 0.25) is 0 Å². The minimum absolute atomic E-state index is 0. The third-order valence-corrected chi connectivity index (χ3v) is 1.76. The molecule has 1 rings (SSSR count). The Hall–Kier alpha value is 0.130. The highest BCUT2D eigenvalue weighted by atomic mass is 79.9. The lowest BCUT2D eigenvalue weighted by Crippen LogP contribution is -3.00. The van der Waals surface area contributed by atoms with Crippen LogP contribution in [0.4, 0.5) is 0 Å². The summed E-state index contributed by atoms with van der Waals surface area (Å²) in [5.74, 6) is 0. The average Bonchev–Trinajstić information content (AvgIpc) is 2.47. The molecule has 13 heavy (non-hydrogen) atoms. The highest BCUT2D eigenvalue weighted by molar-refractivity contribution is 8.93. The summed E-state index contributed by atoms with van der Waals surface area (Å²) in [7, 11) is 0. The zero-order valence-electron chi connectivity index (χ0n) is 7.82. The van der Waals surface area contributed by atoms with Crippen molar-refractivity contribution in [3.63, 3.8) is 0 Å². The molecule has 1 aromatic heterocycles. The molecule has 0 spiro atoms. The second-order valence-electron chi connectivity index (χ2n) is 2.55. The van der Waals surface area contributed by atoms with Crippen molar-refractivity contribution in [1.29, 1.82) is 0 Å². The molecule has 0 aliphatic carbocycles. The molecule has 5 heteroatoms. The first-order chi connectivity index (χ1) is 5.38. The molecule has 0 unspecified atom stereocenters. The van der Waals surface area contributed by atoms with Crippen molar-refractivity contribution >= 4 is 17.0 Å². The van der Waals surface area contributed by atoms with Gasteiger partial charge in [-0.2, -0.15) is 4.68 Å². The molecule has 0 aliphatic heterocycles. The summed E-state index contributed by atoms with van der Waals surface area (Å²) in [4.78, 5) is 0. The van der Waals surface area contributed by atoms with Gasteiger partial charge in [-0.3, -0.25) is 0 Å². The Morgan fingerprint density at radius 2 is 2.15 bits per heavy atom. The summed E-state index contributed by atoms with van der Waals surface area (Å²) in [6.45, 7) is 4.95. The number of nitrogens with two attached hydrogens (primary N) is 1. The monoisotopic (exact) mass is 313 g/mol. The molecule has 0 atom stereocenters. The molecule has 0 aromatic carbocycles. The van der Waals surface area contributed by atoms with Gasteiger partial charge in [0.25, 0.3) is 0 Å². The van der Waals surface area contributed by atoms with Crippen LogP contribution in [0.3, 0.4) is 0 Å². The predicted octanol–water partition coefficient (Wildman–Crippen LogP) is -2.27. The van der Waals surface area contributed by atoms with Gasteiger partial charge in [-0.1, -0.05) is 0 Å². The fraction of sp³-hybridized carbons (Fsp3) is 0.625. The van der Waals surface area contributed by atoms with Crippen LogP contribution >= 0.6 is 17.0 Å². The van der Waals surface area contributed by atoms with Gasteiger partial charge in [-0.25, -0.2) is 0 Å². The molecule has 0 amide bonds. The minimum atomic E-state index is 0. The summed E-state index contributed by atoms with van der Waals surface area (Å²) in [6.07, 6.45) is 5.21. The van der Waals surface area contributed by atoms with Crippen LogP contribution in [-0.2, 0) is 13.1 Å². The maximum atomic E-state index is 5.41. The van der Waals surface area contributed by atoms with Gasteiger partial charge in [-0.15, -0.1) is 21.7 Å². The predicted molar refractivity (Wildman–Crippen MR) is 54.3 cm³/mol. The second kappa shape index (κ2) is 8.72. The first kappa shape index (κ1) is 15.6. The molecule has 0 bridgehead atoms.